The number of aliphatic hydroxyl groups is 1. The van der Waals surface area contributed by atoms with Gasteiger partial charge in [-0.25, -0.2) is 0 Å². The summed E-state index contributed by atoms with van der Waals surface area (Å²) in [5.41, 5.74) is 1.77. The van der Waals surface area contributed by atoms with Gasteiger partial charge in [-0.1, -0.05) is 6.92 Å². The molecule has 0 aromatic heterocycles. The van der Waals surface area contributed by atoms with Crippen LogP contribution in [0.1, 0.15) is 20.3 Å². The van der Waals surface area contributed by atoms with Crippen molar-refractivity contribution >= 4 is 46.0 Å². The van der Waals surface area contributed by atoms with E-state index in [-0.39, 0.29) is 19.0 Å². The van der Waals surface area contributed by atoms with Crippen molar-refractivity contribution in [2.75, 3.05) is 63.9 Å². The van der Waals surface area contributed by atoms with Gasteiger partial charge in [0.1, 0.15) is 0 Å². The Balaban J connectivity index is 1.99. The number of anilines is 2. The molecular weight excluding hydrogens is 452 g/mol. The fourth-order valence-electron chi connectivity index (χ4n) is 2.42. The Morgan fingerprint density at radius 3 is 2.06 bits per heavy atom. The van der Waals surface area contributed by atoms with Crippen LogP contribution in [0.15, 0.2) is 24.3 Å². The van der Waals surface area contributed by atoms with Crippen LogP contribution in [0, 0.1) is 0 Å². The summed E-state index contributed by atoms with van der Waals surface area (Å²) in [5, 5.41) is 22.3. The predicted octanol–water partition coefficient (Wildman–Crippen LogP) is 2.07. The maximum Gasteiger partial charge on any atom is 0.170 e. The summed E-state index contributed by atoms with van der Waals surface area (Å²) in [6.45, 7) is 6.69. The van der Waals surface area contributed by atoms with Crippen molar-refractivity contribution in [2.45, 2.75) is 32.7 Å². The molecule has 0 aliphatic heterocycles. The maximum absolute atomic E-state index is 9.10. The summed E-state index contributed by atoms with van der Waals surface area (Å²) in [6.07, 6.45) is 0.175. The second-order valence-corrected chi connectivity index (χ2v) is 7.49. The Morgan fingerprint density at radius 1 is 0.938 bits per heavy atom. The van der Waals surface area contributed by atoms with Crippen LogP contribution in [-0.2, 0) is 18.9 Å². The Hall–Kier alpha value is -1.60. The van der Waals surface area contributed by atoms with E-state index in [4.69, 9.17) is 48.5 Å². The highest BCUT2D eigenvalue weighted by Crippen LogP contribution is 2.13. The number of hydrogen-bond acceptors (Lipinski definition) is 7. The molecule has 0 aliphatic carbocycles. The van der Waals surface area contributed by atoms with E-state index >= 15 is 0 Å². The predicted molar refractivity (Wildman–Crippen MR) is 135 cm³/mol. The number of aliphatic hydroxyl groups excluding tert-OH is 1. The van der Waals surface area contributed by atoms with E-state index in [1.807, 2.05) is 31.2 Å². The minimum absolute atomic E-state index is 0.00870. The summed E-state index contributed by atoms with van der Waals surface area (Å²) in [5.74, 6) is 0. The van der Waals surface area contributed by atoms with Crippen molar-refractivity contribution < 1.29 is 24.1 Å². The molecule has 1 aromatic rings. The molecule has 0 saturated carbocycles. The second kappa shape index (κ2) is 17.9. The zero-order valence-electron chi connectivity index (χ0n) is 19.0. The van der Waals surface area contributed by atoms with Crippen molar-refractivity contribution in [3.63, 3.8) is 0 Å². The fraction of sp³-hybridized carbons (Fsp3) is 0.619. The average Bonchev–Trinajstić information content (AvgIpc) is 2.79. The molecular formula is C21H36N4O5S2. The number of thiocarbonyl (C=S) groups is 2. The first-order valence-corrected chi connectivity index (χ1v) is 11.5. The fourth-order valence-corrected chi connectivity index (χ4v) is 2.75. The summed E-state index contributed by atoms with van der Waals surface area (Å²) in [4.78, 5) is 0. The molecule has 0 spiro atoms. The maximum atomic E-state index is 9.10. The first kappa shape index (κ1) is 28.4. The molecule has 2 unspecified atom stereocenters. The summed E-state index contributed by atoms with van der Waals surface area (Å²) in [7, 11) is 1.77. The molecule has 0 heterocycles. The van der Waals surface area contributed by atoms with Crippen LogP contribution in [-0.4, -0.2) is 81.0 Å². The summed E-state index contributed by atoms with van der Waals surface area (Å²) >= 11 is 10.3. The van der Waals surface area contributed by atoms with Gasteiger partial charge in [0.2, 0.25) is 0 Å². The van der Waals surface area contributed by atoms with Gasteiger partial charge in [0.25, 0.3) is 0 Å². The first-order chi connectivity index (χ1) is 15.5. The molecule has 9 nitrogen and oxygen atoms in total. The van der Waals surface area contributed by atoms with Gasteiger partial charge in [0.15, 0.2) is 16.5 Å². The van der Waals surface area contributed by atoms with Gasteiger partial charge in [0, 0.05) is 25.0 Å². The van der Waals surface area contributed by atoms with Crippen molar-refractivity contribution in [3.05, 3.63) is 24.3 Å². The third kappa shape index (κ3) is 13.7. The van der Waals surface area contributed by atoms with E-state index in [9.17, 15) is 0 Å². The molecule has 182 valence electrons. The van der Waals surface area contributed by atoms with Crippen molar-refractivity contribution in [3.8, 4) is 0 Å². The summed E-state index contributed by atoms with van der Waals surface area (Å²) in [6, 6.07) is 7.64. The van der Waals surface area contributed by atoms with Gasteiger partial charge in [-0.15, -0.1) is 0 Å². The van der Waals surface area contributed by atoms with E-state index in [2.05, 4.69) is 21.3 Å². The van der Waals surface area contributed by atoms with Crippen LogP contribution < -0.4 is 21.3 Å². The van der Waals surface area contributed by atoms with Gasteiger partial charge in [0.05, 0.1) is 45.7 Å². The normalized spacial score (nSPS) is 12.6. The van der Waals surface area contributed by atoms with E-state index in [1.54, 1.807) is 14.0 Å². The highest BCUT2D eigenvalue weighted by Gasteiger charge is 2.10. The number of benzene rings is 1. The van der Waals surface area contributed by atoms with Crippen LogP contribution in [0.4, 0.5) is 11.4 Å². The highest BCUT2D eigenvalue weighted by atomic mass is 32.1. The Morgan fingerprint density at radius 2 is 1.50 bits per heavy atom. The Labute approximate surface area is 201 Å². The van der Waals surface area contributed by atoms with Crippen molar-refractivity contribution in [1.82, 2.24) is 10.6 Å². The molecule has 0 fully saturated rings. The van der Waals surface area contributed by atoms with Gasteiger partial charge in [-0.2, -0.15) is 0 Å². The monoisotopic (exact) mass is 488 g/mol. The Kier molecular flexibility index (Phi) is 15.9. The molecule has 11 heteroatoms. The molecule has 32 heavy (non-hydrogen) atoms. The smallest absolute Gasteiger partial charge is 0.170 e. The molecule has 1 rings (SSSR count). The number of ether oxygens (including phenoxy) is 4. The van der Waals surface area contributed by atoms with Gasteiger partial charge in [-0.3, -0.25) is 0 Å². The van der Waals surface area contributed by atoms with Crippen LogP contribution >= 0.6 is 24.4 Å². The number of nitrogens with one attached hydrogen (secondary N) is 4. The second-order valence-electron chi connectivity index (χ2n) is 6.67. The number of hydrogen-bond donors (Lipinski definition) is 5. The molecule has 0 saturated heterocycles. The lowest BCUT2D eigenvalue weighted by molar-refractivity contribution is -0.174. The van der Waals surface area contributed by atoms with Gasteiger partial charge >= 0.3 is 0 Å². The largest absolute Gasteiger partial charge is 0.394 e. The SMILES string of the molecule is CCC(CO)OC(C)OCCOCCOCCNC(=S)Nc1ccc(NC(=S)NC)cc1. The van der Waals surface area contributed by atoms with Crippen LogP contribution in [0.25, 0.3) is 0 Å². The molecule has 0 amide bonds. The average molecular weight is 489 g/mol. The van der Waals surface area contributed by atoms with Crippen LogP contribution in [0.2, 0.25) is 0 Å². The van der Waals surface area contributed by atoms with E-state index in [0.29, 0.717) is 49.8 Å². The molecule has 0 radical (unpaired) electrons. The van der Waals surface area contributed by atoms with Crippen molar-refractivity contribution in [2.24, 2.45) is 0 Å². The zero-order valence-corrected chi connectivity index (χ0v) is 20.7. The van der Waals surface area contributed by atoms with Crippen molar-refractivity contribution in [1.29, 1.82) is 0 Å². The minimum Gasteiger partial charge on any atom is -0.394 e. The molecule has 0 aliphatic rings. The standard InChI is InChI=1S/C21H36N4O5S2/c1-4-19(15-26)30-16(2)29-14-13-28-12-11-27-10-9-23-21(32)25-18-7-5-17(6-8-18)24-20(31)22-3/h5-8,16,19,26H,4,9-15H2,1-3H3,(H2,22,24,31)(H2,23,25,32). The van der Waals surface area contributed by atoms with E-state index in [0.717, 1.165) is 17.8 Å². The minimum atomic E-state index is -0.373. The van der Waals surface area contributed by atoms with Crippen LogP contribution in [0.3, 0.4) is 0 Å². The Bertz CT molecular complexity index is 648. The topological polar surface area (TPSA) is 105 Å². The lowest BCUT2D eigenvalue weighted by Crippen LogP contribution is -2.31. The molecule has 5 N–H and O–H groups in total. The quantitative estimate of drug-likeness (QED) is 0.134. The molecule has 2 atom stereocenters. The van der Waals surface area contributed by atoms with Gasteiger partial charge < -0.3 is 45.3 Å². The molecule has 0 bridgehead atoms. The zero-order chi connectivity index (χ0) is 23.6. The first-order valence-electron chi connectivity index (χ1n) is 10.7. The van der Waals surface area contributed by atoms with Crippen LogP contribution in [0.5, 0.6) is 0 Å². The third-order valence-corrected chi connectivity index (χ3v) is 4.71. The summed E-state index contributed by atoms with van der Waals surface area (Å²) < 4.78 is 22.0. The third-order valence-electron chi connectivity index (χ3n) is 4.15. The number of rotatable bonds is 16. The highest BCUT2D eigenvalue weighted by molar-refractivity contribution is 7.80. The molecule has 1 aromatic carbocycles. The van der Waals surface area contributed by atoms with E-state index < -0.39 is 0 Å². The van der Waals surface area contributed by atoms with E-state index in [1.165, 1.54) is 0 Å². The lowest BCUT2D eigenvalue weighted by atomic mass is 10.3. The van der Waals surface area contributed by atoms with Gasteiger partial charge in [-0.05, 0) is 62.0 Å². The lowest BCUT2D eigenvalue weighted by Gasteiger charge is -2.19.